The summed E-state index contributed by atoms with van der Waals surface area (Å²) in [5, 5.41) is 2.56. The van der Waals surface area contributed by atoms with Crippen molar-refractivity contribution in [2.24, 2.45) is 0 Å². The van der Waals surface area contributed by atoms with Crippen LogP contribution in [-0.2, 0) is 14.4 Å². The number of hydrogen-bond acceptors (Lipinski definition) is 5. The van der Waals surface area contributed by atoms with Crippen molar-refractivity contribution >= 4 is 41.2 Å². The molecule has 0 saturated carbocycles. The van der Waals surface area contributed by atoms with Gasteiger partial charge in [-0.3, -0.25) is 14.4 Å². The lowest BCUT2D eigenvalue weighted by Gasteiger charge is -2.29. The molecule has 0 bridgehead atoms. The molecular weight excluding hydrogens is 252 g/mol. The van der Waals surface area contributed by atoms with Gasteiger partial charge in [-0.05, 0) is 25.1 Å². The van der Waals surface area contributed by atoms with Crippen LogP contribution in [0.4, 0.5) is 11.4 Å². The van der Waals surface area contributed by atoms with Crippen LogP contribution < -0.4 is 10.2 Å². The Morgan fingerprint density at radius 1 is 1.50 bits per heavy atom. The molecule has 0 spiro atoms. The molecule has 6 heteroatoms. The third-order valence-corrected chi connectivity index (χ3v) is 3.84. The van der Waals surface area contributed by atoms with Crippen molar-refractivity contribution in [3.63, 3.8) is 0 Å². The van der Waals surface area contributed by atoms with E-state index in [1.54, 1.807) is 20.0 Å². The van der Waals surface area contributed by atoms with Gasteiger partial charge in [0.05, 0.1) is 10.9 Å². The molecule has 0 fully saturated rings. The lowest BCUT2D eigenvalue weighted by Crippen LogP contribution is -2.44. The molecule has 1 unspecified atom stereocenters. The zero-order valence-electron chi connectivity index (χ0n) is 9.97. The van der Waals surface area contributed by atoms with Gasteiger partial charge in [0.1, 0.15) is 0 Å². The molecule has 1 aliphatic rings. The van der Waals surface area contributed by atoms with E-state index in [-0.39, 0.29) is 17.4 Å². The van der Waals surface area contributed by atoms with Crippen molar-refractivity contribution in [3.8, 4) is 0 Å². The molecule has 0 saturated heterocycles. The predicted molar refractivity (Wildman–Crippen MR) is 69.9 cm³/mol. The van der Waals surface area contributed by atoms with E-state index in [0.717, 1.165) is 15.5 Å². The van der Waals surface area contributed by atoms with Crippen LogP contribution in [0.2, 0.25) is 0 Å². The van der Waals surface area contributed by atoms with E-state index in [0.29, 0.717) is 5.69 Å². The third-order valence-electron chi connectivity index (χ3n) is 2.68. The number of imide groups is 1. The Morgan fingerprint density at radius 2 is 2.22 bits per heavy atom. The number of carbonyl (C=O) groups excluding carboxylic acids is 3. The number of fused-ring (bicyclic) bond motifs is 1. The quantitative estimate of drug-likeness (QED) is 0.644. The summed E-state index contributed by atoms with van der Waals surface area (Å²) in [6.07, 6.45) is 0.163. The van der Waals surface area contributed by atoms with E-state index in [4.69, 9.17) is 0 Å². The molecule has 5 nitrogen and oxygen atoms in total. The summed E-state index contributed by atoms with van der Waals surface area (Å²) >= 11 is 1.38. The molecule has 0 radical (unpaired) electrons. The fraction of sp³-hybridized carbons (Fsp3) is 0.250. The number of nitrogens with one attached hydrogen (secondary N) is 1. The fourth-order valence-electron chi connectivity index (χ4n) is 1.77. The molecule has 1 aliphatic heterocycles. The van der Waals surface area contributed by atoms with Crippen LogP contribution in [0.5, 0.6) is 0 Å². The van der Waals surface area contributed by atoms with Gasteiger partial charge in [0.15, 0.2) is 0 Å². The number of amides is 2. The molecule has 2 rings (SSSR count). The van der Waals surface area contributed by atoms with Crippen LogP contribution in [0, 0.1) is 0 Å². The summed E-state index contributed by atoms with van der Waals surface area (Å²) in [4.78, 5) is 36.0. The highest BCUT2D eigenvalue weighted by Crippen LogP contribution is 2.40. The summed E-state index contributed by atoms with van der Waals surface area (Å²) in [6.45, 7) is 1.72. The second kappa shape index (κ2) is 4.81. The van der Waals surface area contributed by atoms with Gasteiger partial charge in [-0.1, -0.05) is 0 Å². The molecule has 1 aromatic carbocycles. The second-order valence-electron chi connectivity index (χ2n) is 3.82. The molecule has 0 aliphatic carbocycles. The van der Waals surface area contributed by atoms with Crippen molar-refractivity contribution < 1.29 is 14.4 Å². The Morgan fingerprint density at radius 3 is 2.83 bits per heavy atom. The molecule has 1 aromatic rings. The zero-order valence-corrected chi connectivity index (χ0v) is 10.8. The zero-order chi connectivity index (χ0) is 13.3. The minimum Gasteiger partial charge on any atom is -0.388 e. The largest absolute Gasteiger partial charge is 0.388 e. The molecule has 0 aromatic heterocycles. The monoisotopic (exact) mass is 264 g/mol. The van der Waals surface area contributed by atoms with Gasteiger partial charge >= 0.3 is 0 Å². The summed E-state index contributed by atoms with van der Waals surface area (Å²) in [5.41, 5.74) is 1.24. The topological polar surface area (TPSA) is 66.5 Å². The molecule has 1 N–H and O–H groups in total. The first-order valence-electron chi connectivity index (χ1n) is 5.40. The van der Waals surface area contributed by atoms with Crippen molar-refractivity contribution in [2.75, 3.05) is 17.3 Å². The summed E-state index contributed by atoms with van der Waals surface area (Å²) in [6, 6.07) is 5.38. The van der Waals surface area contributed by atoms with Gasteiger partial charge in [-0.25, -0.2) is 4.90 Å². The highest BCUT2D eigenvalue weighted by atomic mass is 32.2. The average Bonchev–Trinajstić information content (AvgIpc) is 2.39. The van der Waals surface area contributed by atoms with Gasteiger partial charge in [-0.15, -0.1) is 11.8 Å². The summed E-state index contributed by atoms with van der Waals surface area (Å²) in [7, 11) is 1.74. The molecule has 2 amide bonds. The maximum absolute atomic E-state index is 12.0. The number of thioether (sulfide) groups is 1. The number of anilines is 2. The lowest BCUT2D eigenvalue weighted by molar-refractivity contribution is -0.133. The van der Waals surface area contributed by atoms with Crippen LogP contribution in [0.3, 0.4) is 0 Å². The van der Waals surface area contributed by atoms with Gasteiger partial charge in [0.2, 0.25) is 12.2 Å². The minimum atomic E-state index is -0.832. The fourth-order valence-corrected chi connectivity index (χ4v) is 2.77. The van der Waals surface area contributed by atoms with Crippen LogP contribution in [0.25, 0.3) is 0 Å². The van der Waals surface area contributed by atoms with Crippen molar-refractivity contribution in [3.05, 3.63) is 18.2 Å². The molecule has 18 heavy (non-hydrogen) atoms. The van der Waals surface area contributed by atoms with Crippen LogP contribution >= 0.6 is 11.8 Å². The Labute approximate surface area is 109 Å². The molecule has 1 heterocycles. The number of aldehydes is 1. The SMILES string of the molecule is CNc1ccc2c(c1)N(C(=O)C=O)C(=O)C(C)S2. The Hall–Kier alpha value is -1.82. The third kappa shape index (κ3) is 1.99. The summed E-state index contributed by atoms with van der Waals surface area (Å²) in [5.74, 6) is -1.19. The number of benzene rings is 1. The highest BCUT2D eigenvalue weighted by molar-refractivity contribution is 8.01. The second-order valence-corrected chi connectivity index (χ2v) is 5.20. The molecule has 94 valence electrons. The first-order valence-corrected chi connectivity index (χ1v) is 6.28. The maximum atomic E-state index is 12.0. The van der Waals surface area contributed by atoms with Gasteiger partial charge < -0.3 is 5.32 Å². The van der Waals surface area contributed by atoms with Gasteiger partial charge in [0.25, 0.3) is 5.91 Å². The number of rotatable bonds is 2. The Balaban J connectivity index is 2.56. The molecule has 1 atom stereocenters. The van der Waals surface area contributed by atoms with E-state index in [1.165, 1.54) is 11.8 Å². The summed E-state index contributed by atoms with van der Waals surface area (Å²) < 4.78 is 0. The van der Waals surface area contributed by atoms with Crippen LogP contribution in [-0.4, -0.2) is 30.4 Å². The van der Waals surface area contributed by atoms with E-state index >= 15 is 0 Å². The van der Waals surface area contributed by atoms with Crippen LogP contribution in [0.15, 0.2) is 23.1 Å². The minimum absolute atomic E-state index is 0.163. The van der Waals surface area contributed by atoms with E-state index < -0.39 is 5.91 Å². The first kappa shape index (κ1) is 12.6. The highest BCUT2D eigenvalue weighted by Gasteiger charge is 2.34. The van der Waals surface area contributed by atoms with E-state index in [1.807, 2.05) is 12.1 Å². The Bertz CT molecular complexity index is 530. The first-order chi connectivity index (χ1) is 8.58. The van der Waals surface area contributed by atoms with Crippen molar-refractivity contribution in [1.29, 1.82) is 0 Å². The van der Waals surface area contributed by atoms with Crippen LogP contribution in [0.1, 0.15) is 6.92 Å². The average molecular weight is 264 g/mol. The number of hydrogen-bond donors (Lipinski definition) is 1. The lowest BCUT2D eigenvalue weighted by atomic mass is 10.2. The smallest absolute Gasteiger partial charge is 0.297 e. The normalized spacial score (nSPS) is 18.2. The van der Waals surface area contributed by atoms with Crippen molar-refractivity contribution in [1.82, 2.24) is 0 Å². The standard InChI is InChI=1S/C12H12N2O3S/c1-7-12(17)14(11(16)6-15)9-5-8(13-2)3-4-10(9)18-7/h3-7,13H,1-2H3. The van der Waals surface area contributed by atoms with E-state index in [2.05, 4.69) is 5.32 Å². The van der Waals surface area contributed by atoms with Gasteiger partial charge in [0, 0.05) is 17.6 Å². The number of nitrogens with zero attached hydrogens (tertiary/aromatic N) is 1. The van der Waals surface area contributed by atoms with Gasteiger partial charge in [-0.2, -0.15) is 0 Å². The number of carbonyl (C=O) groups is 3. The van der Waals surface area contributed by atoms with E-state index in [9.17, 15) is 14.4 Å². The molecular formula is C12H12N2O3S. The predicted octanol–water partition coefficient (Wildman–Crippen LogP) is 1.28. The Kier molecular flexibility index (Phi) is 3.38. The van der Waals surface area contributed by atoms with Crippen molar-refractivity contribution in [2.45, 2.75) is 17.1 Å². The maximum Gasteiger partial charge on any atom is 0.297 e.